The maximum Gasteiger partial charge on any atom is 0.311 e. The van der Waals surface area contributed by atoms with Crippen molar-refractivity contribution in [2.45, 2.75) is 18.9 Å². The number of benzene rings is 1. The number of phenolic OH excluding ortho intramolecular Hbond substituents is 1. The Morgan fingerprint density at radius 2 is 1.82 bits per heavy atom. The number of ether oxygens (including phenoxy) is 1. The van der Waals surface area contributed by atoms with E-state index in [4.69, 9.17) is 9.84 Å². The number of hydrogen-bond acceptors (Lipinski definition) is 9. The minimum absolute atomic E-state index is 0.00354. The van der Waals surface area contributed by atoms with Gasteiger partial charge in [0, 0.05) is 6.42 Å². The number of carbonyl (C=O) groups is 1. The number of rotatable bonds is 9. The Labute approximate surface area is 123 Å². The van der Waals surface area contributed by atoms with Crippen LogP contribution in [0.25, 0.3) is 0 Å². The summed E-state index contributed by atoms with van der Waals surface area (Å²) in [6.45, 7) is -0.680. The molecule has 0 aliphatic rings. The molecule has 11 heteroatoms. The van der Waals surface area contributed by atoms with Gasteiger partial charge >= 0.3 is 5.97 Å². The SMILES string of the molecule is O=C(CCC(CO[N+](=O)[O-])O[N+](=O)[O-])Oc1ccc(O)cc1. The average Bonchev–Trinajstić information content (AvgIpc) is 2.44. The lowest BCUT2D eigenvalue weighted by Crippen LogP contribution is -2.26. The summed E-state index contributed by atoms with van der Waals surface area (Å²) in [5.41, 5.74) is 0. The Balaban J connectivity index is 2.44. The molecule has 120 valence electrons. The number of esters is 1. The van der Waals surface area contributed by atoms with Gasteiger partial charge in [0.2, 0.25) is 0 Å². The number of hydrogen-bond donors (Lipinski definition) is 1. The number of phenols is 1. The minimum atomic E-state index is -1.27. The minimum Gasteiger partial charge on any atom is -0.508 e. The van der Waals surface area contributed by atoms with Crippen LogP contribution in [0.5, 0.6) is 11.5 Å². The van der Waals surface area contributed by atoms with E-state index in [0.29, 0.717) is 0 Å². The molecular formula is C11H12N2O9. The quantitative estimate of drug-likeness (QED) is 0.302. The molecule has 11 nitrogen and oxygen atoms in total. The van der Waals surface area contributed by atoms with Crippen molar-refractivity contribution in [3.05, 3.63) is 44.5 Å². The van der Waals surface area contributed by atoms with Crippen molar-refractivity contribution in [2.24, 2.45) is 0 Å². The molecule has 0 aliphatic heterocycles. The van der Waals surface area contributed by atoms with Crippen molar-refractivity contribution in [1.82, 2.24) is 0 Å². The molecule has 1 aromatic rings. The summed E-state index contributed by atoms with van der Waals surface area (Å²) in [4.78, 5) is 40.0. The molecule has 0 bridgehead atoms. The summed E-state index contributed by atoms with van der Waals surface area (Å²) in [6, 6.07) is 5.33. The van der Waals surface area contributed by atoms with Crippen LogP contribution in [0.2, 0.25) is 0 Å². The van der Waals surface area contributed by atoms with Crippen molar-refractivity contribution in [1.29, 1.82) is 0 Å². The van der Waals surface area contributed by atoms with Gasteiger partial charge in [-0.15, -0.1) is 20.2 Å². The van der Waals surface area contributed by atoms with E-state index in [1.165, 1.54) is 24.3 Å². The highest BCUT2D eigenvalue weighted by Crippen LogP contribution is 2.17. The van der Waals surface area contributed by atoms with Gasteiger partial charge in [0.25, 0.3) is 10.2 Å². The highest BCUT2D eigenvalue weighted by molar-refractivity contribution is 5.72. The number of carbonyl (C=O) groups excluding carboxylic acids is 1. The fraction of sp³-hybridized carbons (Fsp3) is 0.364. The van der Waals surface area contributed by atoms with Crippen LogP contribution in [-0.2, 0) is 14.5 Å². The summed E-state index contributed by atoms with van der Waals surface area (Å²) < 4.78 is 4.90. The second-order valence-electron chi connectivity index (χ2n) is 3.98. The second-order valence-corrected chi connectivity index (χ2v) is 3.98. The lowest BCUT2D eigenvalue weighted by Gasteiger charge is -2.13. The summed E-state index contributed by atoms with van der Waals surface area (Å²) in [5.74, 6) is -0.545. The van der Waals surface area contributed by atoms with Crippen molar-refractivity contribution < 1.29 is 34.5 Å². The standard InChI is InChI=1S/C11H12N2O9/c14-8-1-3-9(4-2-8)21-11(15)6-5-10(22-13(18)19)7-20-12(16)17/h1-4,10,14H,5-7H2. The van der Waals surface area contributed by atoms with Gasteiger partial charge in [-0.3, -0.25) is 4.79 Å². The summed E-state index contributed by atoms with van der Waals surface area (Å²) in [6.07, 6.45) is -1.75. The highest BCUT2D eigenvalue weighted by Gasteiger charge is 2.18. The van der Waals surface area contributed by atoms with E-state index in [1.807, 2.05) is 0 Å². The summed E-state index contributed by atoms with van der Waals surface area (Å²) >= 11 is 0. The van der Waals surface area contributed by atoms with Gasteiger partial charge < -0.3 is 19.5 Å². The van der Waals surface area contributed by atoms with E-state index in [9.17, 15) is 25.0 Å². The maximum atomic E-state index is 11.5. The molecule has 0 aliphatic carbocycles. The van der Waals surface area contributed by atoms with Crippen LogP contribution in [0.4, 0.5) is 0 Å². The first-order chi connectivity index (χ1) is 10.4. The van der Waals surface area contributed by atoms with Crippen molar-refractivity contribution in [3.8, 4) is 11.5 Å². The van der Waals surface area contributed by atoms with Crippen LogP contribution in [0.1, 0.15) is 12.8 Å². The molecule has 1 aromatic carbocycles. The Kier molecular flexibility index (Phi) is 6.34. The van der Waals surface area contributed by atoms with Gasteiger partial charge in [0.15, 0.2) is 0 Å². The molecule has 1 unspecified atom stereocenters. The molecule has 0 aromatic heterocycles. The third-order valence-corrected chi connectivity index (χ3v) is 2.34. The zero-order valence-corrected chi connectivity index (χ0v) is 11.1. The highest BCUT2D eigenvalue weighted by atomic mass is 17.0. The maximum absolute atomic E-state index is 11.5. The normalized spacial score (nSPS) is 11.3. The Hall–Kier alpha value is -3.11. The van der Waals surface area contributed by atoms with E-state index in [2.05, 4.69) is 9.68 Å². The van der Waals surface area contributed by atoms with Crippen LogP contribution in [-0.4, -0.2) is 34.0 Å². The first kappa shape index (κ1) is 16.9. The summed E-state index contributed by atoms with van der Waals surface area (Å²) in [7, 11) is 0. The predicted molar refractivity (Wildman–Crippen MR) is 67.8 cm³/mol. The second kappa shape index (κ2) is 8.24. The zero-order valence-electron chi connectivity index (χ0n) is 11.1. The molecule has 1 N–H and O–H groups in total. The monoisotopic (exact) mass is 316 g/mol. The predicted octanol–water partition coefficient (Wildman–Crippen LogP) is 0.863. The fourth-order valence-corrected chi connectivity index (χ4v) is 1.41. The van der Waals surface area contributed by atoms with E-state index < -0.39 is 28.9 Å². The van der Waals surface area contributed by atoms with E-state index in [-0.39, 0.29) is 24.3 Å². The van der Waals surface area contributed by atoms with Crippen molar-refractivity contribution in [3.63, 3.8) is 0 Å². The van der Waals surface area contributed by atoms with Gasteiger partial charge in [0.1, 0.15) is 24.2 Å². The van der Waals surface area contributed by atoms with Crippen LogP contribution in [0.15, 0.2) is 24.3 Å². The van der Waals surface area contributed by atoms with E-state index >= 15 is 0 Å². The third-order valence-electron chi connectivity index (χ3n) is 2.34. The van der Waals surface area contributed by atoms with Crippen LogP contribution >= 0.6 is 0 Å². The molecule has 1 atom stereocenters. The summed E-state index contributed by atoms with van der Waals surface area (Å²) in [5, 5.41) is 27.1. The van der Waals surface area contributed by atoms with Crippen molar-refractivity contribution in [2.75, 3.05) is 6.61 Å². The number of aromatic hydroxyl groups is 1. The van der Waals surface area contributed by atoms with Crippen LogP contribution in [0, 0.1) is 20.2 Å². The Bertz CT molecular complexity index is 531. The van der Waals surface area contributed by atoms with E-state index in [1.54, 1.807) is 0 Å². The Morgan fingerprint density at radius 3 is 2.36 bits per heavy atom. The molecule has 0 heterocycles. The van der Waals surface area contributed by atoms with Gasteiger partial charge in [-0.2, -0.15) is 0 Å². The first-order valence-corrected chi connectivity index (χ1v) is 5.95. The van der Waals surface area contributed by atoms with E-state index in [0.717, 1.165) is 0 Å². The largest absolute Gasteiger partial charge is 0.508 e. The Morgan fingerprint density at radius 1 is 1.18 bits per heavy atom. The first-order valence-electron chi connectivity index (χ1n) is 5.95. The topological polar surface area (TPSA) is 151 Å². The molecular weight excluding hydrogens is 304 g/mol. The zero-order chi connectivity index (χ0) is 16.5. The fourth-order valence-electron chi connectivity index (χ4n) is 1.41. The van der Waals surface area contributed by atoms with Crippen LogP contribution < -0.4 is 4.74 Å². The van der Waals surface area contributed by atoms with Crippen molar-refractivity contribution >= 4 is 5.97 Å². The van der Waals surface area contributed by atoms with Gasteiger partial charge in [0.05, 0.1) is 0 Å². The molecule has 1 rings (SSSR count). The molecule has 0 saturated carbocycles. The smallest absolute Gasteiger partial charge is 0.311 e. The van der Waals surface area contributed by atoms with Gasteiger partial charge in [-0.1, -0.05) is 0 Å². The lowest BCUT2D eigenvalue weighted by molar-refractivity contribution is -0.790. The molecule has 0 spiro atoms. The van der Waals surface area contributed by atoms with Gasteiger partial charge in [-0.05, 0) is 30.7 Å². The third kappa shape index (κ3) is 6.88. The molecule has 22 heavy (non-hydrogen) atoms. The molecule has 0 saturated heterocycles. The lowest BCUT2D eigenvalue weighted by atomic mass is 10.2. The molecule has 0 fully saturated rings. The van der Waals surface area contributed by atoms with Gasteiger partial charge in [-0.25, -0.2) is 0 Å². The number of nitrogens with zero attached hydrogens (tertiary/aromatic N) is 2. The van der Waals surface area contributed by atoms with Crippen LogP contribution in [0.3, 0.4) is 0 Å². The molecule has 0 amide bonds. The molecule has 0 radical (unpaired) electrons. The average molecular weight is 316 g/mol.